The van der Waals surface area contributed by atoms with Crippen molar-refractivity contribution < 1.29 is 4.74 Å². The van der Waals surface area contributed by atoms with Gasteiger partial charge in [0.05, 0.1) is 28.7 Å². The van der Waals surface area contributed by atoms with Crippen molar-refractivity contribution in [2.24, 2.45) is 0 Å². The average Bonchev–Trinajstić information content (AvgIpc) is 2.99. The van der Waals surface area contributed by atoms with E-state index in [1.807, 2.05) is 18.2 Å². The van der Waals surface area contributed by atoms with Gasteiger partial charge >= 0.3 is 0 Å². The number of fused-ring (bicyclic) bond motifs is 1. The van der Waals surface area contributed by atoms with Crippen molar-refractivity contribution in [1.82, 2.24) is 0 Å². The number of anilines is 1. The third kappa shape index (κ3) is 2.24. The van der Waals surface area contributed by atoms with Gasteiger partial charge in [0.1, 0.15) is 11.8 Å². The molecule has 2 aromatic rings. The number of halogens is 1. The van der Waals surface area contributed by atoms with E-state index in [1.54, 1.807) is 24.5 Å². The van der Waals surface area contributed by atoms with Crippen LogP contribution in [0.4, 0.5) is 5.69 Å². The first-order valence-electron chi connectivity index (χ1n) is 6.34. The van der Waals surface area contributed by atoms with Crippen LogP contribution in [0, 0.1) is 11.3 Å². The van der Waals surface area contributed by atoms with Gasteiger partial charge in [0, 0.05) is 4.88 Å². The summed E-state index contributed by atoms with van der Waals surface area (Å²) in [6, 6.07) is 9.90. The zero-order valence-electron chi connectivity index (χ0n) is 10.9. The minimum Gasteiger partial charge on any atom is -0.495 e. The van der Waals surface area contributed by atoms with Crippen LogP contribution >= 0.6 is 22.9 Å². The highest BCUT2D eigenvalue weighted by atomic mass is 35.5. The average molecular weight is 305 g/mol. The number of hydrogen-bond acceptors (Lipinski definition) is 4. The smallest absolute Gasteiger partial charge is 0.143 e. The van der Waals surface area contributed by atoms with Crippen LogP contribution in [0.3, 0.4) is 0 Å². The molecule has 1 N–H and O–H groups in total. The summed E-state index contributed by atoms with van der Waals surface area (Å²) in [6.07, 6.45) is 2.04. The molecular formula is C15H13ClN2OS. The van der Waals surface area contributed by atoms with Gasteiger partial charge in [0.15, 0.2) is 0 Å². The molecule has 20 heavy (non-hydrogen) atoms. The minimum atomic E-state index is 0.192. The van der Waals surface area contributed by atoms with Gasteiger partial charge < -0.3 is 10.1 Å². The van der Waals surface area contributed by atoms with Crippen molar-refractivity contribution in [3.05, 3.63) is 44.6 Å². The minimum absolute atomic E-state index is 0.192. The van der Waals surface area contributed by atoms with Crippen LogP contribution in [0.1, 0.15) is 28.5 Å². The highest BCUT2D eigenvalue weighted by Gasteiger charge is 2.26. The Morgan fingerprint density at radius 1 is 1.50 bits per heavy atom. The molecule has 1 unspecified atom stereocenters. The lowest BCUT2D eigenvalue weighted by atomic mass is 10.1. The van der Waals surface area contributed by atoms with E-state index in [2.05, 4.69) is 11.4 Å². The molecule has 0 bridgehead atoms. The normalized spacial score (nSPS) is 16.6. The SMILES string of the molecule is COc1cccc(C#N)c1NC1CCc2sc(Cl)cc21. The van der Waals surface area contributed by atoms with Crippen LogP contribution in [0.15, 0.2) is 24.3 Å². The second kappa shape index (κ2) is 5.35. The van der Waals surface area contributed by atoms with Crippen LogP contribution in [0.2, 0.25) is 4.34 Å². The van der Waals surface area contributed by atoms with Gasteiger partial charge in [-0.1, -0.05) is 17.7 Å². The Kier molecular flexibility index (Phi) is 3.56. The zero-order valence-corrected chi connectivity index (χ0v) is 12.5. The van der Waals surface area contributed by atoms with Gasteiger partial charge in [-0.25, -0.2) is 0 Å². The van der Waals surface area contributed by atoms with Crippen molar-refractivity contribution in [3.8, 4) is 11.8 Å². The number of benzene rings is 1. The predicted octanol–water partition coefficient (Wildman–Crippen LogP) is 4.38. The number of rotatable bonds is 3. The summed E-state index contributed by atoms with van der Waals surface area (Å²) in [7, 11) is 1.61. The molecule has 102 valence electrons. The Hall–Kier alpha value is -1.70. The fraction of sp³-hybridized carbons (Fsp3) is 0.267. The quantitative estimate of drug-likeness (QED) is 0.915. The number of nitriles is 1. The van der Waals surface area contributed by atoms with Crippen molar-refractivity contribution >= 4 is 28.6 Å². The Balaban J connectivity index is 1.95. The molecule has 1 aromatic carbocycles. The maximum Gasteiger partial charge on any atom is 0.143 e. The molecule has 0 spiro atoms. The molecule has 3 rings (SSSR count). The van der Waals surface area contributed by atoms with Crippen LogP contribution in [-0.2, 0) is 6.42 Å². The van der Waals surface area contributed by atoms with Crippen LogP contribution in [0.5, 0.6) is 5.75 Å². The number of para-hydroxylation sites is 1. The molecule has 0 amide bonds. The number of nitrogens with zero attached hydrogens (tertiary/aromatic N) is 1. The summed E-state index contributed by atoms with van der Waals surface area (Å²) in [5, 5.41) is 12.7. The van der Waals surface area contributed by atoms with Gasteiger partial charge in [-0.05, 0) is 36.6 Å². The molecule has 0 fully saturated rings. The Bertz CT molecular complexity index is 690. The monoisotopic (exact) mass is 304 g/mol. The van der Waals surface area contributed by atoms with Crippen molar-refractivity contribution in [1.29, 1.82) is 5.26 Å². The van der Waals surface area contributed by atoms with Gasteiger partial charge in [-0.3, -0.25) is 0 Å². The lowest BCUT2D eigenvalue weighted by molar-refractivity contribution is 0.416. The first-order valence-corrected chi connectivity index (χ1v) is 7.54. The maximum absolute atomic E-state index is 9.25. The third-order valence-electron chi connectivity index (χ3n) is 3.53. The summed E-state index contributed by atoms with van der Waals surface area (Å²) in [5.74, 6) is 0.693. The molecule has 1 atom stereocenters. The first kappa shape index (κ1) is 13.3. The molecule has 0 saturated carbocycles. The van der Waals surface area contributed by atoms with Gasteiger partial charge in [-0.15, -0.1) is 11.3 Å². The van der Waals surface area contributed by atoms with Crippen LogP contribution in [-0.4, -0.2) is 7.11 Å². The molecule has 5 heteroatoms. The highest BCUT2D eigenvalue weighted by Crippen LogP contribution is 2.42. The topological polar surface area (TPSA) is 45.0 Å². The third-order valence-corrected chi connectivity index (χ3v) is 4.87. The lowest BCUT2D eigenvalue weighted by Gasteiger charge is -2.18. The van der Waals surface area contributed by atoms with Crippen LogP contribution < -0.4 is 10.1 Å². The van der Waals surface area contributed by atoms with Crippen LogP contribution in [0.25, 0.3) is 0 Å². The summed E-state index contributed by atoms with van der Waals surface area (Å²) in [5.41, 5.74) is 2.60. The van der Waals surface area contributed by atoms with E-state index in [0.29, 0.717) is 11.3 Å². The first-order chi connectivity index (χ1) is 9.72. The van der Waals surface area contributed by atoms with E-state index in [1.165, 1.54) is 10.4 Å². The molecule has 0 aliphatic heterocycles. The molecule has 0 saturated heterocycles. The maximum atomic E-state index is 9.25. The van der Waals surface area contributed by atoms with Gasteiger partial charge in [0.25, 0.3) is 0 Å². The molecule has 1 aliphatic rings. The predicted molar refractivity (Wildman–Crippen MR) is 81.7 cm³/mol. The number of methoxy groups -OCH3 is 1. The van der Waals surface area contributed by atoms with Crippen molar-refractivity contribution in [2.45, 2.75) is 18.9 Å². The summed E-state index contributed by atoms with van der Waals surface area (Å²) >= 11 is 7.72. The second-order valence-electron chi connectivity index (χ2n) is 4.66. The molecule has 1 aromatic heterocycles. The summed E-state index contributed by atoms with van der Waals surface area (Å²) < 4.78 is 6.18. The number of hydrogen-bond donors (Lipinski definition) is 1. The van der Waals surface area contributed by atoms with E-state index in [9.17, 15) is 5.26 Å². The van der Waals surface area contributed by atoms with E-state index in [0.717, 1.165) is 22.9 Å². The Labute approximate surface area is 126 Å². The van der Waals surface area contributed by atoms with Gasteiger partial charge in [-0.2, -0.15) is 5.26 Å². The fourth-order valence-electron chi connectivity index (χ4n) is 2.60. The second-order valence-corrected chi connectivity index (χ2v) is 6.43. The molecule has 1 heterocycles. The number of thiophene rings is 1. The van der Waals surface area contributed by atoms with Gasteiger partial charge in [0.2, 0.25) is 0 Å². The summed E-state index contributed by atoms with van der Waals surface area (Å²) in [4.78, 5) is 1.33. The largest absolute Gasteiger partial charge is 0.495 e. The lowest BCUT2D eigenvalue weighted by Crippen LogP contribution is -2.09. The highest BCUT2D eigenvalue weighted by molar-refractivity contribution is 7.16. The summed E-state index contributed by atoms with van der Waals surface area (Å²) in [6.45, 7) is 0. The number of ether oxygens (including phenoxy) is 1. The molecule has 0 radical (unpaired) electrons. The van der Waals surface area contributed by atoms with Crippen molar-refractivity contribution in [2.75, 3.05) is 12.4 Å². The van der Waals surface area contributed by atoms with E-state index in [4.69, 9.17) is 16.3 Å². The fourth-order valence-corrected chi connectivity index (χ4v) is 3.95. The number of nitrogens with one attached hydrogen (secondary N) is 1. The molecule has 1 aliphatic carbocycles. The van der Waals surface area contributed by atoms with E-state index >= 15 is 0 Å². The Morgan fingerprint density at radius 2 is 2.35 bits per heavy atom. The zero-order chi connectivity index (χ0) is 14.1. The standard InChI is InChI=1S/C15H13ClN2OS/c1-19-12-4-2-3-9(8-17)15(12)18-11-5-6-13-10(11)7-14(16)20-13/h2-4,7,11,18H,5-6H2,1H3. The molecular weight excluding hydrogens is 292 g/mol. The molecule has 3 nitrogen and oxygen atoms in total. The van der Waals surface area contributed by atoms with E-state index < -0.39 is 0 Å². The van der Waals surface area contributed by atoms with E-state index in [-0.39, 0.29) is 6.04 Å². The number of aryl methyl sites for hydroxylation is 1. The Morgan fingerprint density at radius 3 is 3.10 bits per heavy atom. The van der Waals surface area contributed by atoms with Crippen molar-refractivity contribution in [3.63, 3.8) is 0 Å².